The van der Waals surface area contributed by atoms with Gasteiger partial charge in [0.15, 0.2) is 0 Å². The van der Waals surface area contributed by atoms with Crippen molar-refractivity contribution >= 4 is 29.8 Å². The smallest absolute Gasteiger partial charge is 0.322 e. The van der Waals surface area contributed by atoms with Gasteiger partial charge < -0.3 is 10.6 Å². The minimum atomic E-state index is -1.34. The van der Waals surface area contributed by atoms with Crippen LogP contribution in [0.1, 0.15) is 71.4 Å². The first-order chi connectivity index (χ1) is 16.3. The summed E-state index contributed by atoms with van der Waals surface area (Å²) in [6.07, 6.45) is 2.60. The van der Waals surface area contributed by atoms with Crippen LogP contribution in [0.25, 0.3) is 0 Å². The van der Waals surface area contributed by atoms with E-state index < -0.39 is 47.4 Å². The van der Waals surface area contributed by atoms with Crippen molar-refractivity contribution in [2.75, 3.05) is 6.54 Å². The highest BCUT2D eigenvalue weighted by Crippen LogP contribution is 2.36. The summed E-state index contributed by atoms with van der Waals surface area (Å²) in [6, 6.07) is 5.98. The molecule has 3 aliphatic rings. The summed E-state index contributed by atoms with van der Waals surface area (Å²) in [6.45, 7) is 9.29. The molecule has 0 aromatic heterocycles. The minimum Gasteiger partial charge on any atom is -0.322 e. The molecule has 7 amide bonds. The Kier molecular flexibility index (Phi) is 5.89. The molecule has 188 valence electrons. The van der Waals surface area contributed by atoms with Crippen LogP contribution in [0.3, 0.4) is 0 Å². The molecule has 1 unspecified atom stereocenters. The van der Waals surface area contributed by atoms with Gasteiger partial charge in [0.25, 0.3) is 17.7 Å². The van der Waals surface area contributed by atoms with Crippen molar-refractivity contribution in [3.63, 3.8) is 0 Å². The summed E-state index contributed by atoms with van der Waals surface area (Å²) in [5.41, 5.74) is 1.54. The quantitative estimate of drug-likeness (QED) is 0.566. The highest BCUT2D eigenvalue weighted by atomic mass is 16.2. The van der Waals surface area contributed by atoms with Crippen LogP contribution in [0.15, 0.2) is 24.3 Å². The number of hydrogen-bond donors (Lipinski definition) is 3. The number of amides is 7. The van der Waals surface area contributed by atoms with E-state index in [2.05, 4.69) is 43.8 Å². The lowest BCUT2D eigenvalue weighted by Crippen LogP contribution is -2.53. The second-order valence-corrected chi connectivity index (χ2v) is 11.1. The van der Waals surface area contributed by atoms with Crippen molar-refractivity contribution in [2.45, 2.75) is 76.8 Å². The van der Waals surface area contributed by atoms with E-state index in [0.717, 1.165) is 23.3 Å². The van der Waals surface area contributed by atoms with Crippen LogP contribution in [0.4, 0.5) is 9.59 Å². The van der Waals surface area contributed by atoms with Crippen LogP contribution in [-0.2, 0) is 25.3 Å². The lowest BCUT2D eigenvalue weighted by atomic mass is 9.77. The fourth-order valence-corrected chi connectivity index (χ4v) is 4.96. The van der Waals surface area contributed by atoms with Crippen molar-refractivity contribution in [3.8, 4) is 0 Å². The van der Waals surface area contributed by atoms with Gasteiger partial charge in [0.2, 0.25) is 0 Å². The first kappa shape index (κ1) is 24.7. The van der Waals surface area contributed by atoms with Gasteiger partial charge in [-0.1, -0.05) is 52.0 Å². The highest BCUT2D eigenvalue weighted by molar-refractivity contribution is 6.10. The molecule has 1 spiro atoms. The maximum absolute atomic E-state index is 13.2. The summed E-state index contributed by atoms with van der Waals surface area (Å²) in [7, 11) is 0. The number of rotatable bonds is 4. The molecular formula is C25H33N5O5. The second-order valence-electron chi connectivity index (χ2n) is 11.1. The first-order valence-corrected chi connectivity index (χ1v) is 12.0. The molecule has 0 radical (unpaired) electrons. The van der Waals surface area contributed by atoms with E-state index in [-0.39, 0.29) is 5.41 Å². The summed E-state index contributed by atoms with van der Waals surface area (Å²) in [4.78, 5) is 64.7. The number of urea groups is 2. The Balaban J connectivity index is 1.44. The third-order valence-electron chi connectivity index (χ3n) is 7.43. The number of nitrogens with one attached hydrogen (secondary N) is 3. The molecule has 10 heteroatoms. The Morgan fingerprint density at radius 2 is 1.60 bits per heavy atom. The monoisotopic (exact) mass is 483 g/mol. The van der Waals surface area contributed by atoms with E-state index in [9.17, 15) is 24.0 Å². The fraction of sp³-hybridized carbons (Fsp3) is 0.560. The summed E-state index contributed by atoms with van der Waals surface area (Å²) in [5.74, 6) is -1.45. The third kappa shape index (κ3) is 4.26. The van der Waals surface area contributed by atoms with Gasteiger partial charge in [-0.3, -0.25) is 24.7 Å². The topological polar surface area (TPSA) is 128 Å². The molecule has 2 aliphatic heterocycles. The summed E-state index contributed by atoms with van der Waals surface area (Å²) >= 11 is 0. The summed E-state index contributed by atoms with van der Waals surface area (Å²) < 4.78 is 0. The van der Waals surface area contributed by atoms with Gasteiger partial charge in [0, 0.05) is 0 Å². The molecule has 10 nitrogen and oxygen atoms in total. The van der Waals surface area contributed by atoms with Gasteiger partial charge in [-0.15, -0.1) is 0 Å². The van der Waals surface area contributed by atoms with E-state index in [0.29, 0.717) is 29.3 Å². The van der Waals surface area contributed by atoms with Crippen molar-refractivity contribution in [3.05, 3.63) is 35.4 Å². The average Bonchev–Trinajstić information content (AvgIpc) is 3.15. The number of imide groups is 2. The van der Waals surface area contributed by atoms with Gasteiger partial charge in [-0.25, -0.2) is 9.59 Å². The Morgan fingerprint density at radius 1 is 1.00 bits per heavy atom. The van der Waals surface area contributed by atoms with Crippen molar-refractivity contribution in [2.24, 2.45) is 5.92 Å². The first-order valence-electron chi connectivity index (χ1n) is 12.0. The van der Waals surface area contributed by atoms with Crippen molar-refractivity contribution in [1.82, 2.24) is 26.0 Å². The molecule has 0 bridgehead atoms. The zero-order valence-electron chi connectivity index (χ0n) is 20.9. The molecule has 2 heterocycles. The third-order valence-corrected chi connectivity index (χ3v) is 7.43. The Hall–Kier alpha value is -3.43. The Bertz CT molecular complexity index is 1080. The molecule has 35 heavy (non-hydrogen) atoms. The fourth-order valence-electron chi connectivity index (χ4n) is 4.96. The SMILES string of the molecule is CC1CCC2(CC1)NC(=O)N(NC(=O)CN1C(=O)NC(C)(c3ccc(C(C)(C)C)cc3)C1=O)C2=O. The van der Waals surface area contributed by atoms with Gasteiger partial charge in [0.05, 0.1) is 0 Å². The number of nitrogens with zero attached hydrogens (tertiary/aromatic N) is 2. The van der Waals surface area contributed by atoms with Gasteiger partial charge >= 0.3 is 12.1 Å². The van der Waals surface area contributed by atoms with Gasteiger partial charge in [-0.05, 0) is 55.1 Å². The maximum atomic E-state index is 13.2. The van der Waals surface area contributed by atoms with Gasteiger partial charge in [0.1, 0.15) is 17.6 Å². The zero-order valence-corrected chi connectivity index (χ0v) is 20.9. The normalized spacial score (nSPS) is 29.0. The van der Waals surface area contributed by atoms with Crippen LogP contribution in [0.5, 0.6) is 0 Å². The lowest BCUT2D eigenvalue weighted by Gasteiger charge is -2.33. The number of hydrogen-bond acceptors (Lipinski definition) is 5. The largest absolute Gasteiger partial charge is 0.344 e. The maximum Gasteiger partial charge on any atom is 0.344 e. The standard InChI is InChI=1S/C25H33N5O5/c1-15-10-12-25(13-11-15)20(33)30(22(35)27-25)28-18(31)14-29-19(32)24(5,26-21(29)34)17-8-6-16(7-9-17)23(2,3)4/h6-9,15H,10-14H2,1-5H3,(H,26,34)(H,27,35)(H,28,31). The zero-order chi connectivity index (χ0) is 25.8. The van der Waals surface area contributed by atoms with Crippen molar-refractivity contribution < 1.29 is 24.0 Å². The number of carbonyl (C=O) groups excluding carboxylic acids is 5. The minimum absolute atomic E-state index is 0.0692. The highest BCUT2D eigenvalue weighted by Gasteiger charge is 2.54. The molecule has 1 aromatic rings. The molecule has 4 rings (SSSR count). The lowest BCUT2D eigenvalue weighted by molar-refractivity contribution is -0.141. The van der Waals surface area contributed by atoms with E-state index >= 15 is 0 Å². The molecule has 2 saturated heterocycles. The molecule has 3 N–H and O–H groups in total. The molecular weight excluding hydrogens is 450 g/mol. The Morgan fingerprint density at radius 3 is 2.17 bits per heavy atom. The number of carbonyl (C=O) groups is 5. The van der Waals surface area contributed by atoms with Crippen LogP contribution >= 0.6 is 0 Å². The molecule has 1 atom stereocenters. The molecule has 1 aromatic carbocycles. The van der Waals surface area contributed by atoms with Crippen LogP contribution in [0.2, 0.25) is 0 Å². The van der Waals surface area contributed by atoms with Crippen LogP contribution < -0.4 is 16.1 Å². The van der Waals surface area contributed by atoms with E-state index in [4.69, 9.17) is 0 Å². The van der Waals surface area contributed by atoms with E-state index in [1.807, 2.05) is 12.1 Å². The molecule has 1 saturated carbocycles. The predicted octanol–water partition coefficient (Wildman–Crippen LogP) is 2.28. The van der Waals surface area contributed by atoms with Gasteiger partial charge in [-0.2, -0.15) is 5.01 Å². The summed E-state index contributed by atoms with van der Waals surface area (Å²) in [5, 5.41) is 6.06. The van der Waals surface area contributed by atoms with Crippen LogP contribution in [0, 0.1) is 5.92 Å². The molecule has 3 fully saturated rings. The van der Waals surface area contributed by atoms with Crippen LogP contribution in [-0.4, -0.2) is 51.8 Å². The van der Waals surface area contributed by atoms with Crippen molar-refractivity contribution in [1.29, 1.82) is 0 Å². The molecule has 1 aliphatic carbocycles. The second kappa shape index (κ2) is 8.35. The predicted molar refractivity (Wildman–Crippen MR) is 127 cm³/mol. The Labute approximate surface area is 204 Å². The number of benzene rings is 1. The van der Waals surface area contributed by atoms with E-state index in [1.54, 1.807) is 19.1 Å². The van der Waals surface area contributed by atoms with E-state index in [1.165, 1.54) is 0 Å². The average molecular weight is 484 g/mol. The number of hydrazine groups is 1.